The normalized spacial score (nSPS) is 23.5. The molecule has 0 aromatic heterocycles. The van der Waals surface area contributed by atoms with E-state index in [2.05, 4.69) is 21.2 Å². The Morgan fingerprint density at radius 2 is 2.00 bits per heavy atom. The van der Waals surface area contributed by atoms with Gasteiger partial charge in [-0.15, -0.1) is 12.4 Å². The predicted molar refractivity (Wildman–Crippen MR) is 83.3 cm³/mol. The fourth-order valence-corrected chi connectivity index (χ4v) is 2.73. The lowest BCUT2D eigenvalue weighted by molar-refractivity contribution is -0.125. The first-order valence-corrected chi connectivity index (χ1v) is 7.18. The summed E-state index contributed by atoms with van der Waals surface area (Å²) < 4.78 is 1.04. The zero-order valence-corrected chi connectivity index (χ0v) is 13.3. The van der Waals surface area contributed by atoms with Crippen LogP contribution < -0.4 is 11.1 Å². The predicted octanol–water partition coefficient (Wildman–Crippen LogP) is 3.18. The largest absolute Gasteiger partial charge is 0.349 e. The van der Waals surface area contributed by atoms with Crippen LogP contribution in [-0.4, -0.2) is 11.9 Å². The summed E-state index contributed by atoms with van der Waals surface area (Å²) in [6.45, 7) is 2.00. The van der Waals surface area contributed by atoms with Crippen molar-refractivity contribution in [2.24, 2.45) is 11.7 Å². The SMILES string of the molecule is CC(NC(=O)C1CCCC1N)c1ccc(Br)cc1.Cl. The molecule has 1 saturated carbocycles. The lowest BCUT2D eigenvalue weighted by Crippen LogP contribution is -2.39. The average Bonchev–Trinajstić information content (AvgIpc) is 2.76. The number of nitrogens with one attached hydrogen (secondary N) is 1. The highest BCUT2D eigenvalue weighted by Crippen LogP contribution is 2.25. The number of hydrogen-bond acceptors (Lipinski definition) is 2. The van der Waals surface area contributed by atoms with Gasteiger partial charge in [0, 0.05) is 10.5 Å². The second kappa shape index (κ2) is 7.27. The number of hydrogen-bond donors (Lipinski definition) is 2. The van der Waals surface area contributed by atoms with E-state index in [9.17, 15) is 4.79 Å². The minimum Gasteiger partial charge on any atom is -0.349 e. The van der Waals surface area contributed by atoms with E-state index < -0.39 is 0 Å². The summed E-state index contributed by atoms with van der Waals surface area (Å²) in [7, 11) is 0. The van der Waals surface area contributed by atoms with Crippen LogP contribution in [0.5, 0.6) is 0 Å². The second-order valence-electron chi connectivity index (χ2n) is 4.98. The van der Waals surface area contributed by atoms with Gasteiger partial charge < -0.3 is 11.1 Å². The molecule has 1 aliphatic rings. The van der Waals surface area contributed by atoms with Gasteiger partial charge in [-0.05, 0) is 37.5 Å². The highest BCUT2D eigenvalue weighted by molar-refractivity contribution is 9.10. The zero-order chi connectivity index (χ0) is 13.1. The van der Waals surface area contributed by atoms with E-state index in [4.69, 9.17) is 5.73 Å². The van der Waals surface area contributed by atoms with E-state index >= 15 is 0 Å². The molecule has 1 amide bonds. The summed E-state index contributed by atoms with van der Waals surface area (Å²) in [5.41, 5.74) is 7.06. The van der Waals surface area contributed by atoms with Crippen LogP contribution in [0, 0.1) is 5.92 Å². The Morgan fingerprint density at radius 3 is 2.53 bits per heavy atom. The van der Waals surface area contributed by atoms with Gasteiger partial charge in [-0.2, -0.15) is 0 Å². The third-order valence-corrected chi connectivity index (χ3v) is 4.16. The van der Waals surface area contributed by atoms with Crippen LogP contribution in [0.15, 0.2) is 28.7 Å². The maximum absolute atomic E-state index is 12.1. The van der Waals surface area contributed by atoms with Crippen LogP contribution in [0.2, 0.25) is 0 Å². The summed E-state index contributed by atoms with van der Waals surface area (Å²) >= 11 is 3.40. The van der Waals surface area contributed by atoms with Crippen molar-refractivity contribution in [3.63, 3.8) is 0 Å². The van der Waals surface area contributed by atoms with E-state index in [1.54, 1.807) is 0 Å². The van der Waals surface area contributed by atoms with Gasteiger partial charge in [0.25, 0.3) is 0 Å². The molecule has 0 saturated heterocycles. The lowest BCUT2D eigenvalue weighted by Gasteiger charge is -2.20. The summed E-state index contributed by atoms with van der Waals surface area (Å²) in [5, 5.41) is 3.05. The number of nitrogens with two attached hydrogens (primary N) is 1. The van der Waals surface area contributed by atoms with Crippen LogP contribution in [0.25, 0.3) is 0 Å². The summed E-state index contributed by atoms with van der Waals surface area (Å²) in [4.78, 5) is 12.1. The molecule has 3 N–H and O–H groups in total. The topological polar surface area (TPSA) is 55.1 Å². The van der Waals surface area contributed by atoms with Crippen LogP contribution in [0.4, 0.5) is 0 Å². The first-order chi connectivity index (χ1) is 8.58. The van der Waals surface area contributed by atoms with Gasteiger partial charge in [0.1, 0.15) is 0 Å². The molecule has 3 atom stereocenters. The highest BCUT2D eigenvalue weighted by Gasteiger charge is 2.30. The Labute approximate surface area is 128 Å². The van der Waals surface area contributed by atoms with Crippen molar-refractivity contribution in [3.8, 4) is 0 Å². The Morgan fingerprint density at radius 1 is 1.37 bits per heavy atom. The van der Waals surface area contributed by atoms with Gasteiger partial charge in [-0.25, -0.2) is 0 Å². The Kier molecular flexibility index (Phi) is 6.30. The molecule has 3 nitrogen and oxygen atoms in total. The van der Waals surface area contributed by atoms with E-state index in [1.807, 2.05) is 31.2 Å². The maximum atomic E-state index is 12.1. The van der Waals surface area contributed by atoms with Gasteiger partial charge in [0.2, 0.25) is 5.91 Å². The molecule has 19 heavy (non-hydrogen) atoms. The third kappa shape index (κ3) is 4.20. The molecule has 0 radical (unpaired) electrons. The minimum atomic E-state index is -0.0112. The molecule has 1 aromatic carbocycles. The molecule has 0 bridgehead atoms. The minimum absolute atomic E-state index is 0. The molecule has 1 aliphatic carbocycles. The van der Waals surface area contributed by atoms with E-state index in [1.165, 1.54) is 0 Å². The Bertz CT molecular complexity index is 424. The lowest BCUT2D eigenvalue weighted by atomic mass is 10.0. The van der Waals surface area contributed by atoms with Gasteiger partial charge in [-0.3, -0.25) is 4.79 Å². The second-order valence-corrected chi connectivity index (χ2v) is 5.90. The molecule has 2 rings (SSSR count). The van der Waals surface area contributed by atoms with Crippen LogP contribution >= 0.6 is 28.3 Å². The van der Waals surface area contributed by atoms with Crippen LogP contribution in [0.3, 0.4) is 0 Å². The molecular formula is C14H20BrClN2O. The van der Waals surface area contributed by atoms with Gasteiger partial charge in [-0.1, -0.05) is 34.5 Å². The molecule has 5 heteroatoms. The molecular weight excluding hydrogens is 328 g/mol. The fraction of sp³-hybridized carbons (Fsp3) is 0.500. The number of amides is 1. The molecule has 0 aliphatic heterocycles. The van der Waals surface area contributed by atoms with Crippen molar-refractivity contribution in [2.45, 2.75) is 38.3 Å². The van der Waals surface area contributed by atoms with E-state index in [-0.39, 0.29) is 36.3 Å². The van der Waals surface area contributed by atoms with E-state index in [0.29, 0.717) is 0 Å². The van der Waals surface area contributed by atoms with Gasteiger partial charge in [0.15, 0.2) is 0 Å². The molecule has 1 fully saturated rings. The van der Waals surface area contributed by atoms with Crippen molar-refractivity contribution in [3.05, 3.63) is 34.3 Å². The summed E-state index contributed by atoms with van der Waals surface area (Å²) in [6, 6.07) is 8.06. The highest BCUT2D eigenvalue weighted by atomic mass is 79.9. The quantitative estimate of drug-likeness (QED) is 0.882. The monoisotopic (exact) mass is 346 g/mol. The third-order valence-electron chi connectivity index (χ3n) is 3.63. The van der Waals surface area contributed by atoms with Crippen LogP contribution in [0.1, 0.15) is 37.8 Å². The fourth-order valence-electron chi connectivity index (χ4n) is 2.47. The molecule has 1 aromatic rings. The summed E-state index contributed by atoms with van der Waals surface area (Å²) in [6.07, 6.45) is 2.94. The van der Waals surface area contributed by atoms with Crippen molar-refractivity contribution < 1.29 is 4.79 Å². The maximum Gasteiger partial charge on any atom is 0.225 e. The van der Waals surface area contributed by atoms with Crippen LogP contribution in [-0.2, 0) is 4.79 Å². The number of halogens is 2. The number of rotatable bonds is 3. The Balaban J connectivity index is 0.00000180. The first kappa shape index (κ1) is 16.5. The zero-order valence-electron chi connectivity index (χ0n) is 10.9. The van der Waals surface area contributed by atoms with Gasteiger partial charge >= 0.3 is 0 Å². The number of carbonyl (C=O) groups excluding carboxylic acids is 1. The number of benzene rings is 1. The van der Waals surface area contributed by atoms with Gasteiger partial charge in [0.05, 0.1) is 12.0 Å². The average molecular weight is 348 g/mol. The van der Waals surface area contributed by atoms with Crippen molar-refractivity contribution in [1.29, 1.82) is 0 Å². The Hall–Kier alpha value is -0.580. The number of carbonyl (C=O) groups is 1. The van der Waals surface area contributed by atoms with E-state index in [0.717, 1.165) is 29.3 Å². The standard InChI is InChI=1S/C14H19BrN2O.ClH/c1-9(10-5-7-11(15)8-6-10)17-14(18)12-3-2-4-13(12)16;/h5-9,12-13H,2-4,16H2,1H3,(H,17,18);1H. The first-order valence-electron chi connectivity index (χ1n) is 6.39. The summed E-state index contributed by atoms with van der Waals surface area (Å²) in [5.74, 6) is 0.0818. The van der Waals surface area contributed by atoms with Crippen molar-refractivity contribution in [1.82, 2.24) is 5.32 Å². The molecule has 0 heterocycles. The van der Waals surface area contributed by atoms with Crippen molar-refractivity contribution in [2.75, 3.05) is 0 Å². The molecule has 3 unspecified atom stereocenters. The smallest absolute Gasteiger partial charge is 0.225 e. The molecule has 0 spiro atoms. The van der Waals surface area contributed by atoms with Crippen molar-refractivity contribution >= 4 is 34.2 Å². The molecule has 106 valence electrons.